The number of rotatable bonds is 13. The topological polar surface area (TPSA) is 9.23 Å². The summed E-state index contributed by atoms with van der Waals surface area (Å²) in [6, 6.07) is 32.6. The first-order valence-electron chi connectivity index (χ1n) is 11.2. The third-order valence-electron chi connectivity index (χ3n) is 5.64. The Morgan fingerprint density at radius 2 is 0.867 bits per heavy atom. The molecule has 3 aromatic carbocycles. The molecule has 0 aromatic heterocycles. The van der Waals surface area contributed by atoms with Gasteiger partial charge in [-0.25, -0.2) is 0 Å². The van der Waals surface area contributed by atoms with Crippen LogP contribution in [-0.2, 0) is 4.43 Å². The van der Waals surface area contributed by atoms with Crippen molar-refractivity contribution in [3.63, 3.8) is 0 Å². The van der Waals surface area contributed by atoms with Gasteiger partial charge in [0.2, 0.25) is 0 Å². The second-order valence-corrected chi connectivity index (χ2v) is 12.0. The second-order valence-electron chi connectivity index (χ2n) is 7.79. The molecular formula is C27H33BrOSi. The predicted octanol–water partition coefficient (Wildman–Crippen LogP) is 5.80. The SMILES string of the molecule is BrCCCCCCCCCO[Si](c1ccccc1)(c1ccccc1)c1ccccc1. The average Bonchev–Trinajstić information content (AvgIpc) is 2.82. The smallest absolute Gasteiger partial charge is 0.288 e. The Labute approximate surface area is 191 Å². The number of alkyl halides is 1. The van der Waals surface area contributed by atoms with Crippen LogP contribution in [0.1, 0.15) is 44.9 Å². The number of hydrogen-bond acceptors (Lipinski definition) is 1. The Morgan fingerprint density at radius 3 is 1.27 bits per heavy atom. The molecule has 1 nitrogen and oxygen atoms in total. The minimum absolute atomic E-state index is 0.812. The molecule has 0 fully saturated rings. The highest BCUT2D eigenvalue weighted by molar-refractivity contribution is 9.09. The standard InChI is InChI=1S/C27H33BrOSi/c28-23-15-4-2-1-3-5-16-24-29-30(25-17-9-6-10-18-25,26-19-11-7-12-20-26)27-21-13-8-14-22-27/h6-14,17-22H,1-5,15-16,23-24H2. The Morgan fingerprint density at radius 1 is 0.500 bits per heavy atom. The Bertz CT molecular complexity index is 727. The zero-order valence-corrected chi connectivity index (χ0v) is 20.4. The lowest BCUT2D eigenvalue weighted by Crippen LogP contribution is -2.69. The van der Waals surface area contributed by atoms with Crippen LogP contribution in [0.25, 0.3) is 0 Å². The van der Waals surface area contributed by atoms with Crippen molar-refractivity contribution in [3.8, 4) is 0 Å². The van der Waals surface area contributed by atoms with Crippen LogP contribution in [0.15, 0.2) is 91.0 Å². The molecule has 0 spiro atoms. The fraction of sp³-hybridized carbons (Fsp3) is 0.333. The first-order valence-corrected chi connectivity index (χ1v) is 14.3. The molecular weight excluding hydrogens is 448 g/mol. The van der Waals surface area contributed by atoms with Crippen LogP contribution in [-0.4, -0.2) is 20.3 Å². The lowest BCUT2D eigenvalue weighted by Gasteiger charge is -2.33. The lowest BCUT2D eigenvalue weighted by atomic mass is 10.1. The number of unbranched alkanes of at least 4 members (excludes halogenated alkanes) is 6. The summed E-state index contributed by atoms with van der Waals surface area (Å²) in [5, 5.41) is 5.08. The fourth-order valence-corrected chi connectivity index (χ4v) is 8.41. The van der Waals surface area contributed by atoms with Crippen LogP contribution < -0.4 is 15.6 Å². The number of benzene rings is 3. The summed E-state index contributed by atoms with van der Waals surface area (Å²) in [6.07, 6.45) is 9.00. The molecule has 3 rings (SSSR count). The van der Waals surface area contributed by atoms with E-state index in [0.717, 1.165) is 18.4 Å². The van der Waals surface area contributed by atoms with E-state index in [1.165, 1.54) is 54.1 Å². The monoisotopic (exact) mass is 480 g/mol. The molecule has 0 N–H and O–H groups in total. The third kappa shape index (κ3) is 6.16. The van der Waals surface area contributed by atoms with Gasteiger partial charge >= 0.3 is 0 Å². The minimum Gasteiger partial charge on any atom is -0.404 e. The summed E-state index contributed by atoms with van der Waals surface area (Å²) in [5.41, 5.74) is 0. The van der Waals surface area contributed by atoms with E-state index in [9.17, 15) is 0 Å². The first kappa shape index (κ1) is 23.0. The van der Waals surface area contributed by atoms with E-state index in [2.05, 4.69) is 107 Å². The molecule has 3 heteroatoms. The molecule has 0 aliphatic rings. The van der Waals surface area contributed by atoms with Crippen LogP contribution in [0.2, 0.25) is 0 Å². The van der Waals surface area contributed by atoms with Gasteiger partial charge in [0.1, 0.15) is 0 Å². The molecule has 158 valence electrons. The highest BCUT2D eigenvalue weighted by Crippen LogP contribution is 2.13. The quantitative estimate of drug-likeness (QED) is 0.130. The highest BCUT2D eigenvalue weighted by atomic mass is 79.9. The molecule has 0 saturated carbocycles. The summed E-state index contributed by atoms with van der Waals surface area (Å²) in [7, 11) is -2.52. The van der Waals surface area contributed by atoms with Gasteiger partial charge in [-0.05, 0) is 28.4 Å². The molecule has 3 aromatic rings. The van der Waals surface area contributed by atoms with Gasteiger partial charge < -0.3 is 4.43 Å². The van der Waals surface area contributed by atoms with Crippen molar-refractivity contribution >= 4 is 39.8 Å². The second kappa shape index (κ2) is 12.9. The number of hydrogen-bond donors (Lipinski definition) is 0. The van der Waals surface area contributed by atoms with E-state index in [1.807, 2.05) is 0 Å². The fourth-order valence-electron chi connectivity index (χ4n) is 4.07. The molecule has 30 heavy (non-hydrogen) atoms. The van der Waals surface area contributed by atoms with Crippen LogP contribution in [0, 0.1) is 0 Å². The summed E-state index contributed by atoms with van der Waals surface area (Å²) >= 11 is 3.52. The maximum Gasteiger partial charge on any atom is 0.288 e. The van der Waals surface area contributed by atoms with Crippen molar-refractivity contribution in [1.29, 1.82) is 0 Å². The maximum atomic E-state index is 6.97. The molecule has 0 saturated heterocycles. The summed E-state index contributed by atoms with van der Waals surface area (Å²) in [5.74, 6) is 0. The molecule has 0 atom stereocenters. The normalized spacial score (nSPS) is 11.5. The van der Waals surface area contributed by atoms with E-state index in [-0.39, 0.29) is 0 Å². The van der Waals surface area contributed by atoms with Gasteiger partial charge in [0.15, 0.2) is 0 Å². The molecule has 0 aliphatic heterocycles. The lowest BCUT2D eigenvalue weighted by molar-refractivity contribution is 0.309. The molecule has 0 bridgehead atoms. The van der Waals surface area contributed by atoms with Crippen LogP contribution in [0.4, 0.5) is 0 Å². The van der Waals surface area contributed by atoms with Gasteiger partial charge in [0.05, 0.1) is 0 Å². The highest BCUT2D eigenvalue weighted by Gasteiger charge is 2.41. The van der Waals surface area contributed by atoms with E-state index in [4.69, 9.17) is 4.43 Å². The van der Waals surface area contributed by atoms with Crippen molar-refractivity contribution in [2.45, 2.75) is 44.9 Å². The van der Waals surface area contributed by atoms with Gasteiger partial charge in [-0.15, -0.1) is 0 Å². The molecule has 0 unspecified atom stereocenters. The third-order valence-corrected chi connectivity index (χ3v) is 10.3. The predicted molar refractivity (Wildman–Crippen MR) is 136 cm³/mol. The van der Waals surface area contributed by atoms with Gasteiger partial charge in [-0.1, -0.05) is 139 Å². The Balaban J connectivity index is 1.77. The van der Waals surface area contributed by atoms with Crippen molar-refractivity contribution in [2.75, 3.05) is 11.9 Å². The van der Waals surface area contributed by atoms with Crippen molar-refractivity contribution in [3.05, 3.63) is 91.0 Å². The Kier molecular flexibility index (Phi) is 9.87. The number of halogens is 1. The van der Waals surface area contributed by atoms with Gasteiger partial charge in [-0.2, -0.15) is 0 Å². The Hall–Kier alpha value is -1.68. The van der Waals surface area contributed by atoms with Crippen molar-refractivity contribution in [1.82, 2.24) is 0 Å². The van der Waals surface area contributed by atoms with E-state index in [1.54, 1.807) is 0 Å². The van der Waals surface area contributed by atoms with Crippen LogP contribution >= 0.6 is 15.9 Å². The van der Waals surface area contributed by atoms with E-state index < -0.39 is 8.32 Å². The van der Waals surface area contributed by atoms with Crippen molar-refractivity contribution in [2.24, 2.45) is 0 Å². The van der Waals surface area contributed by atoms with Gasteiger partial charge in [-0.3, -0.25) is 0 Å². The molecule has 0 amide bonds. The van der Waals surface area contributed by atoms with Gasteiger partial charge in [0.25, 0.3) is 8.32 Å². The van der Waals surface area contributed by atoms with E-state index >= 15 is 0 Å². The van der Waals surface area contributed by atoms with E-state index in [0.29, 0.717) is 0 Å². The average molecular weight is 482 g/mol. The summed E-state index contributed by atoms with van der Waals surface area (Å²) in [4.78, 5) is 0. The van der Waals surface area contributed by atoms with Crippen LogP contribution in [0.3, 0.4) is 0 Å². The van der Waals surface area contributed by atoms with Crippen LogP contribution in [0.5, 0.6) is 0 Å². The zero-order valence-electron chi connectivity index (χ0n) is 17.8. The van der Waals surface area contributed by atoms with Gasteiger partial charge in [0, 0.05) is 11.9 Å². The van der Waals surface area contributed by atoms with Crippen molar-refractivity contribution < 1.29 is 4.43 Å². The largest absolute Gasteiger partial charge is 0.404 e. The molecule has 0 aliphatic carbocycles. The summed E-state index contributed by atoms with van der Waals surface area (Å²) in [6.45, 7) is 0.812. The first-order chi connectivity index (χ1) is 14.9. The molecule has 0 radical (unpaired) electrons. The molecule has 0 heterocycles. The minimum atomic E-state index is -2.52. The summed E-state index contributed by atoms with van der Waals surface area (Å²) < 4.78 is 6.97. The zero-order chi connectivity index (χ0) is 20.9. The maximum absolute atomic E-state index is 6.97.